The highest BCUT2D eigenvalue weighted by molar-refractivity contribution is 7.99. The second-order valence-corrected chi connectivity index (χ2v) is 3.69. The maximum atomic E-state index is 3.78. The molecule has 0 saturated heterocycles. The lowest BCUT2D eigenvalue weighted by Gasteiger charge is -2.03. The van der Waals surface area contributed by atoms with Crippen molar-refractivity contribution in [3.63, 3.8) is 0 Å². The van der Waals surface area contributed by atoms with Crippen molar-refractivity contribution in [1.29, 1.82) is 0 Å². The van der Waals surface area contributed by atoms with Gasteiger partial charge in [0.1, 0.15) is 0 Å². The highest BCUT2D eigenvalue weighted by Gasteiger charge is 1.94. The SMILES string of the molecule is [CH2]CCSCCC(C)C=C. The largest absolute Gasteiger partial charge is 0.162 e. The van der Waals surface area contributed by atoms with Crippen molar-refractivity contribution in [2.75, 3.05) is 11.5 Å². The molecule has 0 aromatic heterocycles. The zero-order chi connectivity index (χ0) is 7.82. The molecular weight excluding hydrogens is 140 g/mol. The minimum atomic E-state index is 0.678. The van der Waals surface area contributed by atoms with Crippen LogP contribution in [0.15, 0.2) is 12.7 Å². The Bertz CT molecular complexity index is 78.8. The average molecular weight is 157 g/mol. The molecule has 1 radical (unpaired) electrons. The summed E-state index contributed by atoms with van der Waals surface area (Å²) in [4.78, 5) is 0. The zero-order valence-corrected chi connectivity index (χ0v) is 7.62. The van der Waals surface area contributed by atoms with Crippen LogP contribution in [-0.2, 0) is 0 Å². The molecule has 0 aromatic carbocycles. The number of rotatable bonds is 6. The maximum absolute atomic E-state index is 3.78. The summed E-state index contributed by atoms with van der Waals surface area (Å²) in [5.41, 5.74) is 0. The van der Waals surface area contributed by atoms with Crippen molar-refractivity contribution in [3.05, 3.63) is 19.6 Å². The molecule has 0 aliphatic carbocycles. The van der Waals surface area contributed by atoms with E-state index in [0.717, 1.165) is 6.42 Å². The highest BCUT2D eigenvalue weighted by Crippen LogP contribution is 2.10. The van der Waals surface area contributed by atoms with Crippen molar-refractivity contribution in [1.82, 2.24) is 0 Å². The van der Waals surface area contributed by atoms with Crippen LogP contribution in [0.4, 0.5) is 0 Å². The van der Waals surface area contributed by atoms with Gasteiger partial charge in [-0.2, -0.15) is 11.8 Å². The second-order valence-electron chi connectivity index (χ2n) is 2.47. The molecular formula is C9H17S. The Balaban J connectivity index is 2.95. The molecule has 0 nitrogen and oxygen atoms in total. The fraction of sp³-hybridized carbons (Fsp3) is 0.667. The zero-order valence-electron chi connectivity index (χ0n) is 6.81. The van der Waals surface area contributed by atoms with Crippen LogP contribution in [0.1, 0.15) is 19.8 Å². The summed E-state index contributed by atoms with van der Waals surface area (Å²) >= 11 is 1.99. The third-order valence-corrected chi connectivity index (χ3v) is 2.51. The Kier molecular flexibility index (Phi) is 7.26. The van der Waals surface area contributed by atoms with Crippen LogP contribution in [0.3, 0.4) is 0 Å². The van der Waals surface area contributed by atoms with Gasteiger partial charge in [0.15, 0.2) is 0 Å². The van der Waals surface area contributed by atoms with Gasteiger partial charge in [-0.25, -0.2) is 0 Å². The molecule has 0 aromatic rings. The molecule has 1 atom stereocenters. The van der Waals surface area contributed by atoms with Gasteiger partial charge < -0.3 is 0 Å². The minimum absolute atomic E-state index is 0.678. The molecule has 0 aliphatic heterocycles. The topological polar surface area (TPSA) is 0 Å². The van der Waals surface area contributed by atoms with E-state index in [9.17, 15) is 0 Å². The van der Waals surface area contributed by atoms with Crippen molar-refractivity contribution < 1.29 is 0 Å². The fourth-order valence-electron chi connectivity index (χ4n) is 0.591. The lowest BCUT2D eigenvalue weighted by molar-refractivity contribution is 0.707. The lowest BCUT2D eigenvalue weighted by Crippen LogP contribution is -1.91. The molecule has 0 spiro atoms. The van der Waals surface area contributed by atoms with Crippen LogP contribution in [0.25, 0.3) is 0 Å². The van der Waals surface area contributed by atoms with Crippen LogP contribution < -0.4 is 0 Å². The standard InChI is InChI=1S/C9H17S/c1-4-7-10-8-6-9(3)5-2/h5,9H,1-2,4,6-8H2,3H3. The second kappa shape index (κ2) is 7.20. The Morgan fingerprint density at radius 1 is 1.50 bits per heavy atom. The average Bonchev–Trinajstić information content (AvgIpc) is 1.98. The van der Waals surface area contributed by atoms with E-state index in [0.29, 0.717) is 5.92 Å². The van der Waals surface area contributed by atoms with Crippen LogP contribution in [0.5, 0.6) is 0 Å². The molecule has 1 heteroatoms. The predicted molar refractivity (Wildman–Crippen MR) is 51.3 cm³/mol. The summed E-state index contributed by atoms with van der Waals surface area (Å²) in [5.74, 6) is 3.13. The number of thioether (sulfide) groups is 1. The predicted octanol–water partition coefficient (Wildman–Crippen LogP) is 3.16. The van der Waals surface area contributed by atoms with E-state index in [1.54, 1.807) is 0 Å². The van der Waals surface area contributed by atoms with Gasteiger partial charge in [-0.05, 0) is 30.3 Å². The van der Waals surface area contributed by atoms with Crippen molar-refractivity contribution in [2.45, 2.75) is 19.8 Å². The number of hydrogen-bond donors (Lipinski definition) is 0. The molecule has 10 heavy (non-hydrogen) atoms. The van der Waals surface area contributed by atoms with E-state index >= 15 is 0 Å². The van der Waals surface area contributed by atoms with E-state index in [1.165, 1.54) is 17.9 Å². The number of hydrogen-bond acceptors (Lipinski definition) is 1. The van der Waals surface area contributed by atoms with Crippen LogP contribution in [0, 0.1) is 12.8 Å². The number of allylic oxidation sites excluding steroid dienone is 1. The van der Waals surface area contributed by atoms with Gasteiger partial charge in [-0.15, -0.1) is 6.58 Å². The molecule has 1 unspecified atom stereocenters. The molecule has 59 valence electrons. The van der Waals surface area contributed by atoms with E-state index in [2.05, 4.69) is 20.4 Å². The summed E-state index contributed by atoms with van der Waals surface area (Å²) in [7, 11) is 0. The quantitative estimate of drug-likeness (QED) is 0.421. The van der Waals surface area contributed by atoms with Crippen LogP contribution in [-0.4, -0.2) is 11.5 Å². The van der Waals surface area contributed by atoms with Gasteiger partial charge in [0, 0.05) is 0 Å². The monoisotopic (exact) mass is 157 g/mol. The van der Waals surface area contributed by atoms with E-state index < -0.39 is 0 Å². The first-order chi connectivity index (χ1) is 4.81. The molecule has 0 rings (SSSR count). The molecule has 0 amide bonds. The molecule has 0 N–H and O–H groups in total. The molecule has 0 fully saturated rings. The maximum Gasteiger partial charge on any atom is -0.00620 e. The first-order valence-electron chi connectivity index (χ1n) is 3.80. The van der Waals surface area contributed by atoms with Gasteiger partial charge in [0.2, 0.25) is 0 Å². The van der Waals surface area contributed by atoms with Crippen LogP contribution in [0.2, 0.25) is 0 Å². The fourth-order valence-corrected chi connectivity index (χ4v) is 1.54. The van der Waals surface area contributed by atoms with E-state index in [1.807, 2.05) is 17.8 Å². The third-order valence-electron chi connectivity index (χ3n) is 1.41. The van der Waals surface area contributed by atoms with Gasteiger partial charge >= 0.3 is 0 Å². The van der Waals surface area contributed by atoms with Crippen molar-refractivity contribution in [2.24, 2.45) is 5.92 Å². The van der Waals surface area contributed by atoms with E-state index in [4.69, 9.17) is 0 Å². The molecule has 0 bridgehead atoms. The summed E-state index contributed by atoms with van der Waals surface area (Å²) in [5, 5.41) is 0. The van der Waals surface area contributed by atoms with Crippen molar-refractivity contribution in [3.8, 4) is 0 Å². The Morgan fingerprint density at radius 3 is 2.70 bits per heavy atom. The van der Waals surface area contributed by atoms with Gasteiger partial charge in [-0.3, -0.25) is 0 Å². The van der Waals surface area contributed by atoms with Gasteiger partial charge in [0.05, 0.1) is 0 Å². The van der Waals surface area contributed by atoms with E-state index in [-0.39, 0.29) is 0 Å². The van der Waals surface area contributed by atoms with Gasteiger partial charge in [0.25, 0.3) is 0 Å². The lowest BCUT2D eigenvalue weighted by atomic mass is 10.1. The van der Waals surface area contributed by atoms with Crippen LogP contribution >= 0.6 is 11.8 Å². The molecule has 0 heterocycles. The Labute approximate surface area is 69.1 Å². The summed E-state index contributed by atoms with van der Waals surface area (Å²) in [6, 6.07) is 0. The summed E-state index contributed by atoms with van der Waals surface area (Å²) in [6.45, 7) is 9.73. The van der Waals surface area contributed by atoms with Crippen molar-refractivity contribution >= 4 is 11.8 Å². The normalized spacial score (nSPS) is 13.0. The van der Waals surface area contributed by atoms with Gasteiger partial charge in [-0.1, -0.05) is 19.9 Å². The highest BCUT2D eigenvalue weighted by atomic mass is 32.2. The smallest absolute Gasteiger partial charge is 0.00620 e. The Hall–Kier alpha value is 0.0900. The summed E-state index contributed by atoms with van der Waals surface area (Å²) in [6.07, 6.45) is 4.33. The summed E-state index contributed by atoms with van der Waals surface area (Å²) < 4.78 is 0. The molecule has 0 aliphatic rings. The minimum Gasteiger partial charge on any atom is -0.162 e. The first kappa shape index (κ1) is 10.1. The molecule has 0 saturated carbocycles. The first-order valence-corrected chi connectivity index (χ1v) is 4.96. The Morgan fingerprint density at radius 2 is 2.20 bits per heavy atom. The third kappa shape index (κ3) is 6.21.